The standard InChI is InChI=1S/C23H21N3O6/c1-30-15-9-10-20(31-2)18(12-15)24-21(27)14-25-19-8-4-3-7-17(19)22(28)26(23(25)29)13-16-6-5-11-32-16/h3-12H,13-14H2,1-2H3,(H,24,27). The zero-order valence-electron chi connectivity index (χ0n) is 17.5. The lowest BCUT2D eigenvalue weighted by atomic mass is 10.2. The van der Waals surface area contributed by atoms with Gasteiger partial charge in [0.25, 0.3) is 5.56 Å². The molecule has 0 aliphatic rings. The van der Waals surface area contributed by atoms with Crippen LogP contribution in [0.25, 0.3) is 10.9 Å². The Morgan fingerprint density at radius 1 is 1.00 bits per heavy atom. The molecule has 164 valence electrons. The van der Waals surface area contributed by atoms with Crippen LogP contribution in [-0.4, -0.2) is 29.3 Å². The number of rotatable bonds is 7. The van der Waals surface area contributed by atoms with Crippen LogP contribution in [0.1, 0.15) is 5.76 Å². The quantitative estimate of drug-likeness (QED) is 0.478. The summed E-state index contributed by atoms with van der Waals surface area (Å²) in [6, 6.07) is 15.0. The van der Waals surface area contributed by atoms with Crippen molar-refractivity contribution in [2.45, 2.75) is 13.1 Å². The van der Waals surface area contributed by atoms with Crippen molar-refractivity contribution in [2.24, 2.45) is 0 Å². The summed E-state index contributed by atoms with van der Waals surface area (Å²) in [7, 11) is 3.00. The van der Waals surface area contributed by atoms with Crippen LogP contribution in [-0.2, 0) is 17.9 Å². The van der Waals surface area contributed by atoms with Gasteiger partial charge in [0.2, 0.25) is 5.91 Å². The number of methoxy groups -OCH3 is 2. The van der Waals surface area contributed by atoms with E-state index in [1.54, 1.807) is 54.6 Å². The number of nitrogens with zero attached hydrogens (tertiary/aromatic N) is 2. The summed E-state index contributed by atoms with van der Waals surface area (Å²) in [6.45, 7) is -0.348. The predicted octanol–water partition coefficient (Wildman–Crippen LogP) is 2.46. The zero-order chi connectivity index (χ0) is 22.7. The highest BCUT2D eigenvalue weighted by Crippen LogP contribution is 2.28. The third-order valence-corrected chi connectivity index (χ3v) is 5.01. The maximum absolute atomic E-state index is 13.2. The topological polar surface area (TPSA) is 105 Å². The van der Waals surface area contributed by atoms with Gasteiger partial charge in [0, 0.05) is 6.07 Å². The molecule has 2 aromatic carbocycles. The number of ether oxygens (including phenoxy) is 2. The molecule has 9 heteroatoms. The minimum Gasteiger partial charge on any atom is -0.497 e. The number of benzene rings is 2. The number of amides is 1. The molecule has 0 bridgehead atoms. The fraction of sp³-hybridized carbons (Fsp3) is 0.174. The van der Waals surface area contributed by atoms with Crippen molar-refractivity contribution in [1.29, 1.82) is 0 Å². The molecule has 0 aliphatic carbocycles. The number of carbonyl (C=O) groups is 1. The van der Waals surface area contributed by atoms with E-state index in [0.29, 0.717) is 33.8 Å². The lowest BCUT2D eigenvalue weighted by Gasteiger charge is -2.15. The first-order valence-corrected chi connectivity index (χ1v) is 9.78. The molecule has 32 heavy (non-hydrogen) atoms. The molecular weight excluding hydrogens is 414 g/mol. The number of carbonyl (C=O) groups excluding carboxylic acids is 1. The highest BCUT2D eigenvalue weighted by atomic mass is 16.5. The molecule has 1 amide bonds. The van der Waals surface area contributed by atoms with Gasteiger partial charge in [0.15, 0.2) is 0 Å². The molecule has 4 aromatic rings. The summed E-state index contributed by atoms with van der Waals surface area (Å²) in [6.07, 6.45) is 1.47. The van der Waals surface area contributed by atoms with Crippen molar-refractivity contribution >= 4 is 22.5 Å². The van der Waals surface area contributed by atoms with Gasteiger partial charge in [-0.1, -0.05) is 12.1 Å². The number of nitrogens with one attached hydrogen (secondary N) is 1. The van der Waals surface area contributed by atoms with Gasteiger partial charge in [-0.15, -0.1) is 0 Å². The van der Waals surface area contributed by atoms with Crippen molar-refractivity contribution in [3.8, 4) is 11.5 Å². The highest BCUT2D eigenvalue weighted by molar-refractivity contribution is 5.93. The molecular formula is C23H21N3O6. The summed E-state index contributed by atoms with van der Waals surface area (Å²) >= 11 is 0. The van der Waals surface area contributed by atoms with Crippen LogP contribution in [0.3, 0.4) is 0 Å². The number of fused-ring (bicyclic) bond motifs is 1. The van der Waals surface area contributed by atoms with Gasteiger partial charge in [-0.05, 0) is 36.4 Å². The van der Waals surface area contributed by atoms with E-state index in [1.807, 2.05) is 0 Å². The molecule has 0 fully saturated rings. The van der Waals surface area contributed by atoms with E-state index in [4.69, 9.17) is 13.9 Å². The van der Waals surface area contributed by atoms with Crippen LogP contribution >= 0.6 is 0 Å². The van der Waals surface area contributed by atoms with E-state index < -0.39 is 17.2 Å². The molecule has 1 N–H and O–H groups in total. The van der Waals surface area contributed by atoms with Crippen LogP contribution < -0.4 is 26.0 Å². The van der Waals surface area contributed by atoms with Gasteiger partial charge in [-0.25, -0.2) is 4.79 Å². The average molecular weight is 435 g/mol. The monoisotopic (exact) mass is 435 g/mol. The second kappa shape index (κ2) is 8.84. The van der Waals surface area contributed by atoms with Gasteiger partial charge in [-0.3, -0.25) is 18.7 Å². The Kier molecular flexibility index (Phi) is 5.80. The predicted molar refractivity (Wildman–Crippen MR) is 118 cm³/mol. The lowest BCUT2D eigenvalue weighted by molar-refractivity contribution is -0.116. The summed E-state index contributed by atoms with van der Waals surface area (Å²) in [4.78, 5) is 39.0. The van der Waals surface area contributed by atoms with E-state index in [9.17, 15) is 14.4 Å². The van der Waals surface area contributed by atoms with E-state index in [0.717, 1.165) is 4.57 Å². The van der Waals surface area contributed by atoms with Crippen LogP contribution in [0.5, 0.6) is 11.5 Å². The van der Waals surface area contributed by atoms with E-state index in [1.165, 1.54) is 25.0 Å². The maximum atomic E-state index is 13.2. The third-order valence-electron chi connectivity index (χ3n) is 5.01. The van der Waals surface area contributed by atoms with Gasteiger partial charge in [0.05, 0.1) is 43.6 Å². The molecule has 0 radical (unpaired) electrons. The molecule has 2 heterocycles. The van der Waals surface area contributed by atoms with Crippen LogP contribution in [0.15, 0.2) is 74.9 Å². The van der Waals surface area contributed by atoms with Crippen molar-refractivity contribution in [3.63, 3.8) is 0 Å². The first-order valence-electron chi connectivity index (χ1n) is 9.78. The molecule has 0 spiro atoms. The SMILES string of the molecule is COc1ccc(OC)c(NC(=O)Cn2c(=O)n(Cc3ccco3)c(=O)c3ccccc32)c1. The number of aromatic nitrogens is 2. The van der Waals surface area contributed by atoms with Crippen LogP contribution in [0.4, 0.5) is 5.69 Å². The van der Waals surface area contributed by atoms with Crippen molar-refractivity contribution < 1.29 is 18.7 Å². The number of hydrogen-bond acceptors (Lipinski definition) is 6. The Morgan fingerprint density at radius 3 is 2.53 bits per heavy atom. The Morgan fingerprint density at radius 2 is 1.81 bits per heavy atom. The summed E-state index contributed by atoms with van der Waals surface area (Å²) in [5.41, 5.74) is -0.296. The fourth-order valence-electron chi connectivity index (χ4n) is 3.47. The van der Waals surface area contributed by atoms with E-state index >= 15 is 0 Å². The second-order valence-corrected chi connectivity index (χ2v) is 6.97. The van der Waals surface area contributed by atoms with Gasteiger partial charge < -0.3 is 19.2 Å². The van der Waals surface area contributed by atoms with Gasteiger partial charge in [-0.2, -0.15) is 0 Å². The van der Waals surface area contributed by atoms with Gasteiger partial charge >= 0.3 is 5.69 Å². The first kappa shape index (κ1) is 21.0. The lowest BCUT2D eigenvalue weighted by Crippen LogP contribution is -2.42. The number of furan rings is 1. The Bertz CT molecular complexity index is 1390. The van der Waals surface area contributed by atoms with Crippen molar-refractivity contribution in [3.05, 3.63) is 87.5 Å². The molecule has 2 aromatic heterocycles. The van der Waals surface area contributed by atoms with Crippen LogP contribution in [0, 0.1) is 0 Å². The number of anilines is 1. The molecule has 0 saturated carbocycles. The first-order chi connectivity index (χ1) is 15.5. The molecule has 0 unspecified atom stereocenters. The molecule has 9 nitrogen and oxygen atoms in total. The number of hydrogen-bond donors (Lipinski definition) is 1. The Balaban J connectivity index is 1.74. The average Bonchev–Trinajstić information content (AvgIpc) is 3.32. The van der Waals surface area contributed by atoms with Gasteiger partial charge in [0.1, 0.15) is 23.8 Å². The van der Waals surface area contributed by atoms with E-state index in [-0.39, 0.29) is 13.1 Å². The normalized spacial score (nSPS) is 10.8. The fourth-order valence-corrected chi connectivity index (χ4v) is 3.47. The number of para-hydroxylation sites is 1. The molecule has 0 aliphatic heterocycles. The second-order valence-electron chi connectivity index (χ2n) is 6.97. The van der Waals surface area contributed by atoms with Crippen molar-refractivity contribution in [1.82, 2.24) is 9.13 Å². The smallest absolute Gasteiger partial charge is 0.332 e. The Hall–Kier alpha value is -4.27. The zero-order valence-corrected chi connectivity index (χ0v) is 17.5. The third kappa shape index (κ3) is 4.00. The molecule has 0 atom stereocenters. The summed E-state index contributed by atoms with van der Waals surface area (Å²) < 4.78 is 18.1. The summed E-state index contributed by atoms with van der Waals surface area (Å²) in [5, 5.41) is 3.07. The highest BCUT2D eigenvalue weighted by Gasteiger charge is 2.17. The largest absolute Gasteiger partial charge is 0.497 e. The van der Waals surface area contributed by atoms with Crippen LogP contribution in [0.2, 0.25) is 0 Å². The molecule has 0 saturated heterocycles. The Labute approximate surface area is 182 Å². The van der Waals surface area contributed by atoms with Crippen molar-refractivity contribution in [2.75, 3.05) is 19.5 Å². The minimum atomic E-state index is -0.613. The summed E-state index contributed by atoms with van der Waals surface area (Å²) in [5.74, 6) is 0.971. The van der Waals surface area contributed by atoms with E-state index in [2.05, 4.69) is 5.32 Å². The minimum absolute atomic E-state index is 0.0408. The maximum Gasteiger partial charge on any atom is 0.332 e. The molecule has 4 rings (SSSR count).